The van der Waals surface area contributed by atoms with Crippen LogP contribution in [-0.4, -0.2) is 11.0 Å². The SMILES string of the molecule is O=C1Cc2cc(C(O)c3cccc(Br)c3)c(Cl)cc2N1. The zero-order valence-corrected chi connectivity index (χ0v) is 12.7. The number of aliphatic hydroxyl groups is 1. The maximum absolute atomic E-state index is 11.4. The second-order valence-electron chi connectivity index (χ2n) is 4.71. The standard InChI is InChI=1S/C15H11BrClNO2/c16-10-3-1-2-8(4-10)15(20)11-5-9-6-14(19)18-13(9)7-12(11)17/h1-5,7,15,20H,6H2,(H,18,19). The molecule has 1 heterocycles. The van der Waals surface area contributed by atoms with Crippen LogP contribution in [0, 0.1) is 0 Å². The number of carbonyl (C=O) groups excluding carboxylic acids is 1. The van der Waals surface area contributed by atoms with Crippen LogP contribution in [0.1, 0.15) is 22.8 Å². The molecule has 0 fully saturated rings. The van der Waals surface area contributed by atoms with E-state index in [0.29, 0.717) is 17.0 Å². The average Bonchev–Trinajstić information content (AvgIpc) is 2.76. The molecule has 0 saturated heterocycles. The third-order valence-corrected chi connectivity index (χ3v) is 4.13. The summed E-state index contributed by atoms with van der Waals surface area (Å²) in [5.41, 5.74) is 2.95. The van der Waals surface area contributed by atoms with Crippen LogP contribution in [0.4, 0.5) is 5.69 Å². The molecule has 0 aromatic heterocycles. The number of rotatable bonds is 2. The quantitative estimate of drug-likeness (QED) is 0.866. The number of amides is 1. The van der Waals surface area contributed by atoms with E-state index in [2.05, 4.69) is 21.2 Å². The lowest BCUT2D eigenvalue weighted by Gasteiger charge is -2.15. The lowest BCUT2D eigenvalue weighted by Crippen LogP contribution is -2.03. The van der Waals surface area contributed by atoms with Gasteiger partial charge in [-0.05, 0) is 35.4 Å². The Morgan fingerprint density at radius 1 is 1.30 bits per heavy atom. The highest BCUT2D eigenvalue weighted by atomic mass is 79.9. The Hall–Kier alpha value is -1.36. The highest BCUT2D eigenvalue weighted by molar-refractivity contribution is 9.10. The number of hydrogen-bond donors (Lipinski definition) is 2. The molecule has 0 aliphatic carbocycles. The number of anilines is 1. The predicted molar refractivity (Wildman–Crippen MR) is 82.0 cm³/mol. The van der Waals surface area contributed by atoms with Crippen molar-refractivity contribution >= 4 is 39.1 Å². The van der Waals surface area contributed by atoms with Gasteiger partial charge in [0.15, 0.2) is 0 Å². The molecule has 5 heteroatoms. The number of halogens is 2. The van der Waals surface area contributed by atoms with Gasteiger partial charge in [-0.1, -0.05) is 39.7 Å². The molecule has 0 radical (unpaired) electrons. The molecule has 2 N–H and O–H groups in total. The zero-order chi connectivity index (χ0) is 14.3. The first-order valence-electron chi connectivity index (χ1n) is 6.10. The second kappa shape index (κ2) is 5.20. The molecule has 3 nitrogen and oxygen atoms in total. The average molecular weight is 353 g/mol. The van der Waals surface area contributed by atoms with Gasteiger partial charge in [0.2, 0.25) is 5.91 Å². The molecule has 2 aromatic carbocycles. The van der Waals surface area contributed by atoms with E-state index >= 15 is 0 Å². The van der Waals surface area contributed by atoms with Crippen LogP contribution >= 0.6 is 27.5 Å². The van der Waals surface area contributed by atoms with Crippen LogP contribution < -0.4 is 5.32 Å². The Bertz CT molecular complexity index is 702. The van der Waals surface area contributed by atoms with Crippen molar-refractivity contribution in [2.24, 2.45) is 0 Å². The van der Waals surface area contributed by atoms with Crippen molar-refractivity contribution < 1.29 is 9.90 Å². The van der Waals surface area contributed by atoms with Crippen molar-refractivity contribution in [3.63, 3.8) is 0 Å². The van der Waals surface area contributed by atoms with Crippen LogP contribution in [0.5, 0.6) is 0 Å². The Morgan fingerprint density at radius 3 is 2.85 bits per heavy atom. The van der Waals surface area contributed by atoms with E-state index < -0.39 is 6.10 Å². The molecule has 0 saturated carbocycles. The molecule has 0 spiro atoms. The van der Waals surface area contributed by atoms with E-state index in [1.54, 1.807) is 12.1 Å². The minimum Gasteiger partial charge on any atom is -0.384 e. The summed E-state index contributed by atoms with van der Waals surface area (Å²) in [5.74, 6) is -0.0508. The van der Waals surface area contributed by atoms with Crippen molar-refractivity contribution in [3.05, 3.63) is 62.6 Å². The molecule has 1 aliphatic heterocycles. The van der Waals surface area contributed by atoms with Crippen molar-refractivity contribution in [3.8, 4) is 0 Å². The molecule has 3 rings (SSSR count). The fraction of sp³-hybridized carbons (Fsp3) is 0.133. The molecule has 102 valence electrons. The maximum Gasteiger partial charge on any atom is 0.228 e. The molecule has 1 atom stereocenters. The molecule has 1 amide bonds. The van der Waals surface area contributed by atoms with Gasteiger partial charge in [-0.15, -0.1) is 0 Å². The minimum absolute atomic E-state index is 0.0508. The van der Waals surface area contributed by atoms with Gasteiger partial charge in [-0.2, -0.15) is 0 Å². The van der Waals surface area contributed by atoms with Crippen LogP contribution in [0.3, 0.4) is 0 Å². The highest BCUT2D eigenvalue weighted by Gasteiger charge is 2.22. The number of fused-ring (bicyclic) bond motifs is 1. The van der Waals surface area contributed by atoms with Gasteiger partial charge in [0, 0.05) is 20.7 Å². The molecule has 1 unspecified atom stereocenters. The van der Waals surface area contributed by atoms with Crippen LogP contribution in [-0.2, 0) is 11.2 Å². The summed E-state index contributed by atoms with van der Waals surface area (Å²) in [4.78, 5) is 11.4. The second-order valence-corrected chi connectivity index (χ2v) is 6.04. The van der Waals surface area contributed by atoms with Gasteiger partial charge in [0.1, 0.15) is 6.10 Å². The molecule has 0 bridgehead atoms. The summed E-state index contributed by atoms with van der Waals surface area (Å²) in [6.45, 7) is 0. The number of aliphatic hydroxyl groups excluding tert-OH is 1. The van der Waals surface area contributed by atoms with E-state index in [-0.39, 0.29) is 5.91 Å². The highest BCUT2D eigenvalue weighted by Crippen LogP contribution is 2.35. The van der Waals surface area contributed by atoms with Crippen LogP contribution in [0.25, 0.3) is 0 Å². The summed E-state index contributed by atoms with van der Waals surface area (Å²) in [6, 6.07) is 10.9. The maximum atomic E-state index is 11.4. The third-order valence-electron chi connectivity index (χ3n) is 3.31. The topological polar surface area (TPSA) is 49.3 Å². The fourth-order valence-electron chi connectivity index (χ4n) is 2.33. The Balaban J connectivity index is 2.02. The van der Waals surface area contributed by atoms with Gasteiger partial charge >= 0.3 is 0 Å². The Kier molecular flexibility index (Phi) is 3.54. The van der Waals surface area contributed by atoms with Gasteiger partial charge < -0.3 is 10.4 Å². The van der Waals surface area contributed by atoms with Gasteiger partial charge in [-0.3, -0.25) is 4.79 Å². The minimum atomic E-state index is -0.819. The third kappa shape index (κ3) is 2.46. The number of carbonyl (C=O) groups is 1. The van der Waals surface area contributed by atoms with Crippen LogP contribution in [0.2, 0.25) is 5.02 Å². The fourth-order valence-corrected chi connectivity index (χ4v) is 3.02. The smallest absolute Gasteiger partial charge is 0.228 e. The number of benzene rings is 2. The number of nitrogens with one attached hydrogen (secondary N) is 1. The first-order chi connectivity index (χ1) is 9.54. The lowest BCUT2D eigenvalue weighted by atomic mass is 9.98. The van der Waals surface area contributed by atoms with Crippen molar-refractivity contribution in [1.82, 2.24) is 0 Å². The van der Waals surface area contributed by atoms with Crippen LogP contribution in [0.15, 0.2) is 40.9 Å². The Labute approximate surface area is 129 Å². The van der Waals surface area contributed by atoms with E-state index in [9.17, 15) is 9.90 Å². The van der Waals surface area contributed by atoms with Gasteiger partial charge in [0.25, 0.3) is 0 Å². The monoisotopic (exact) mass is 351 g/mol. The van der Waals surface area contributed by atoms with Crippen molar-refractivity contribution in [2.75, 3.05) is 5.32 Å². The predicted octanol–water partition coefficient (Wildman–Crippen LogP) is 3.68. The summed E-state index contributed by atoms with van der Waals surface area (Å²) < 4.78 is 0.892. The van der Waals surface area contributed by atoms with E-state index in [4.69, 9.17) is 11.6 Å². The molecule has 20 heavy (non-hydrogen) atoms. The summed E-state index contributed by atoms with van der Waals surface area (Å²) in [6.07, 6.45) is -0.494. The zero-order valence-electron chi connectivity index (χ0n) is 10.4. The molecular formula is C15H11BrClNO2. The molecular weight excluding hydrogens is 342 g/mol. The Morgan fingerprint density at radius 2 is 2.10 bits per heavy atom. The molecule has 2 aromatic rings. The summed E-state index contributed by atoms with van der Waals surface area (Å²) >= 11 is 9.60. The number of hydrogen-bond acceptors (Lipinski definition) is 2. The summed E-state index contributed by atoms with van der Waals surface area (Å²) in [5, 5.41) is 13.7. The van der Waals surface area contributed by atoms with E-state index in [1.165, 1.54) is 0 Å². The first-order valence-corrected chi connectivity index (χ1v) is 7.27. The van der Waals surface area contributed by atoms with Crippen molar-refractivity contribution in [2.45, 2.75) is 12.5 Å². The summed E-state index contributed by atoms with van der Waals surface area (Å²) in [7, 11) is 0. The van der Waals surface area contributed by atoms with Gasteiger partial charge in [-0.25, -0.2) is 0 Å². The normalized spacial score (nSPS) is 14.8. The lowest BCUT2D eigenvalue weighted by molar-refractivity contribution is -0.115. The molecule has 1 aliphatic rings. The van der Waals surface area contributed by atoms with Gasteiger partial charge in [0.05, 0.1) is 6.42 Å². The van der Waals surface area contributed by atoms with E-state index in [1.807, 2.05) is 24.3 Å². The van der Waals surface area contributed by atoms with Crippen molar-refractivity contribution in [1.29, 1.82) is 0 Å². The largest absolute Gasteiger partial charge is 0.384 e. The first kappa shape index (κ1) is 13.6. The van der Waals surface area contributed by atoms with E-state index in [0.717, 1.165) is 21.3 Å².